The van der Waals surface area contributed by atoms with Gasteiger partial charge in [-0.15, -0.1) is 0 Å². The minimum absolute atomic E-state index is 0.251. The molecule has 4 aromatic rings. The summed E-state index contributed by atoms with van der Waals surface area (Å²) in [5.74, 6) is 1.32. The van der Waals surface area contributed by atoms with E-state index in [1.807, 2.05) is 38.1 Å². The maximum atomic E-state index is 12.5. The Hall–Kier alpha value is -3.52. The third-order valence-electron chi connectivity index (χ3n) is 4.30. The van der Waals surface area contributed by atoms with Crippen LogP contribution in [0.15, 0.2) is 53.1 Å². The van der Waals surface area contributed by atoms with Gasteiger partial charge in [0.25, 0.3) is 11.8 Å². The van der Waals surface area contributed by atoms with Crippen molar-refractivity contribution in [1.29, 1.82) is 0 Å². The van der Waals surface area contributed by atoms with Gasteiger partial charge in [-0.2, -0.15) is 4.98 Å². The zero-order chi connectivity index (χ0) is 20.4. The van der Waals surface area contributed by atoms with Crippen LogP contribution in [-0.4, -0.2) is 28.1 Å². The third kappa shape index (κ3) is 4.02. The van der Waals surface area contributed by atoms with E-state index in [4.69, 9.17) is 9.26 Å². The van der Waals surface area contributed by atoms with Crippen LogP contribution in [0.3, 0.4) is 0 Å². The smallest absolute Gasteiger partial charge is 0.270 e. The first-order valence-corrected chi connectivity index (χ1v) is 9.69. The highest BCUT2D eigenvalue weighted by molar-refractivity contribution is 7.19. The molecule has 2 aromatic carbocycles. The van der Waals surface area contributed by atoms with E-state index < -0.39 is 0 Å². The monoisotopic (exact) mass is 406 g/mol. The summed E-state index contributed by atoms with van der Waals surface area (Å²) >= 11 is 1.29. The number of hydrogen-bond donors (Lipinski definition) is 1. The van der Waals surface area contributed by atoms with E-state index in [1.54, 1.807) is 31.4 Å². The van der Waals surface area contributed by atoms with E-state index in [0.717, 1.165) is 16.0 Å². The van der Waals surface area contributed by atoms with Gasteiger partial charge >= 0.3 is 0 Å². The van der Waals surface area contributed by atoms with Gasteiger partial charge in [0.15, 0.2) is 5.13 Å². The van der Waals surface area contributed by atoms with E-state index in [1.165, 1.54) is 11.3 Å². The normalized spacial score (nSPS) is 10.7. The lowest BCUT2D eigenvalue weighted by molar-refractivity contribution is 0.102. The second kappa shape index (κ2) is 7.84. The number of benzene rings is 2. The lowest BCUT2D eigenvalue weighted by atomic mass is 10.1. The molecule has 0 atom stereocenters. The number of ether oxygens (including phenoxy) is 1. The van der Waals surface area contributed by atoms with E-state index in [0.29, 0.717) is 33.9 Å². The minimum Gasteiger partial charge on any atom is -0.497 e. The van der Waals surface area contributed by atoms with Gasteiger partial charge in [0.05, 0.1) is 12.8 Å². The van der Waals surface area contributed by atoms with Crippen LogP contribution >= 0.6 is 11.3 Å². The van der Waals surface area contributed by atoms with Crippen LogP contribution in [-0.2, 0) is 0 Å². The Morgan fingerprint density at radius 2 is 1.76 bits per heavy atom. The second-order valence-corrected chi connectivity index (χ2v) is 7.40. The van der Waals surface area contributed by atoms with E-state index in [9.17, 15) is 4.79 Å². The average molecular weight is 406 g/mol. The maximum Gasteiger partial charge on any atom is 0.270 e. The van der Waals surface area contributed by atoms with Crippen LogP contribution in [0, 0.1) is 13.8 Å². The highest BCUT2D eigenvalue weighted by Gasteiger charge is 2.18. The van der Waals surface area contributed by atoms with E-state index >= 15 is 0 Å². The summed E-state index contributed by atoms with van der Waals surface area (Å²) in [6.07, 6.45) is 0. The molecule has 2 aromatic heterocycles. The highest BCUT2D eigenvalue weighted by Crippen LogP contribution is 2.33. The van der Waals surface area contributed by atoms with Gasteiger partial charge in [0, 0.05) is 11.1 Å². The van der Waals surface area contributed by atoms with E-state index in [-0.39, 0.29) is 5.91 Å². The lowest BCUT2D eigenvalue weighted by Crippen LogP contribution is -2.11. The summed E-state index contributed by atoms with van der Waals surface area (Å²) in [5, 5.41) is 7.34. The van der Waals surface area contributed by atoms with Gasteiger partial charge < -0.3 is 9.26 Å². The number of amides is 1. The number of hydrogen-bond acceptors (Lipinski definition) is 7. The zero-order valence-corrected chi connectivity index (χ0v) is 16.9. The van der Waals surface area contributed by atoms with Crippen molar-refractivity contribution in [3.05, 3.63) is 65.4 Å². The molecule has 2 heterocycles. The molecule has 7 nitrogen and oxygen atoms in total. The number of aromatic nitrogens is 3. The van der Waals surface area contributed by atoms with Gasteiger partial charge in [-0.25, -0.2) is 4.98 Å². The summed E-state index contributed by atoms with van der Waals surface area (Å²) in [6.45, 7) is 3.86. The van der Waals surface area contributed by atoms with Crippen molar-refractivity contribution in [2.24, 2.45) is 0 Å². The minimum atomic E-state index is -0.251. The SMILES string of the molecule is COc1ccc(C(=O)Nc2nc(C)c(-c3nc(-c4ccc(C)cc4)no3)s2)cc1. The van der Waals surface area contributed by atoms with Crippen LogP contribution in [0.1, 0.15) is 21.6 Å². The molecule has 0 saturated heterocycles. The number of anilines is 1. The number of aryl methyl sites for hydroxylation is 2. The van der Waals surface area contributed by atoms with Gasteiger partial charge in [0.1, 0.15) is 10.6 Å². The fourth-order valence-electron chi connectivity index (χ4n) is 2.70. The molecule has 0 saturated carbocycles. The van der Waals surface area contributed by atoms with Gasteiger partial charge in [-0.05, 0) is 38.1 Å². The number of nitrogens with one attached hydrogen (secondary N) is 1. The molecule has 29 heavy (non-hydrogen) atoms. The van der Waals surface area contributed by atoms with Gasteiger partial charge in [0.2, 0.25) is 5.82 Å². The van der Waals surface area contributed by atoms with Crippen LogP contribution in [0.4, 0.5) is 5.13 Å². The molecule has 1 amide bonds. The van der Waals surface area contributed by atoms with Gasteiger partial charge in [-0.3, -0.25) is 10.1 Å². The Kier molecular flexibility index (Phi) is 5.09. The third-order valence-corrected chi connectivity index (χ3v) is 5.36. The van der Waals surface area contributed by atoms with Crippen molar-refractivity contribution < 1.29 is 14.1 Å². The molecule has 0 radical (unpaired) electrons. The Morgan fingerprint density at radius 1 is 1.03 bits per heavy atom. The molecule has 8 heteroatoms. The highest BCUT2D eigenvalue weighted by atomic mass is 32.1. The molecule has 0 unspecified atom stereocenters. The molecule has 0 aliphatic rings. The van der Waals surface area contributed by atoms with Crippen molar-refractivity contribution in [2.75, 3.05) is 12.4 Å². The molecule has 0 spiro atoms. The standard InChI is InChI=1S/C21H18N4O3S/c1-12-4-6-14(7-5-12)18-23-20(28-25-18)17-13(2)22-21(29-17)24-19(26)15-8-10-16(27-3)11-9-15/h4-11H,1-3H3,(H,22,24,26). The van der Waals surface area contributed by atoms with Crippen molar-refractivity contribution in [1.82, 2.24) is 15.1 Å². The fraction of sp³-hybridized carbons (Fsp3) is 0.143. The molecule has 0 bridgehead atoms. The molecule has 0 aliphatic heterocycles. The van der Waals surface area contributed by atoms with Crippen LogP contribution in [0.5, 0.6) is 5.75 Å². The molecule has 4 rings (SSSR count). The predicted molar refractivity (Wildman–Crippen MR) is 111 cm³/mol. The average Bonchev–Trinajstić information content (AvgIpc) is 3.35. The van der Waals surface area contributed by atoms with Gasteiger partial charge in [-0.1, -0.05) is 46.3 Å². The van der Waals surface area contributed by atoms with Crippen LogP contribution in [0.25, 0.3) is 22.2 Å². The van der Waals surface area contributed by atoms with Crippen LogP contribution in [0.2, 0.25) is 0 Å². The number of nitrogens with zero attached hydrogens (tertiary/aromatic N) is 3. The van der Waals surface area contributed by atoms with Crippen molar-refractivity contribution in [2.45, 2.75) is 13.8 Å². The predicted octanol–water partition coefficient (Wildman–Crippen LogP) is 4.74. The number of thiazole rings is 1. The van der Waals surface area contributed by atoms with E-state index in [2.05, 4.69) is 20.4 Å². The molecular formula is C21H18N4O3S. The zero-order valence-electron chi connectivity index (χ0n) is 16.1. The summed E-state index contributed by atoms with van der Waals surface area (Å²) in [6, 6.07) is 14.8. The number of carbonyl (C=O) groups excluding carboxylic acids is 1. The summed E-state index contributed by atoms with van der Waals surface area (Å²) < 4.78 is 10.5. The molecule has 0 fully saturated rings. The van der Waals surface area contributed by atoms with Crippen LogP contribution < -0.4 is 10.1 Å². The molecule has 0 aliphatic carbocycles. The van der Waals surface area contributed by atoms with Crippen molar-refractivity contribution in [3.8, 4) is 27.9 Å². The molecular weight excluding hydrogens is 388 g/mol. The Bertz CT molecular complexity index is 1150. The first kappa shape index (κ1) is 18.8. The number of methoxy groups -OCH3 is 1. The van der Waals surface area contributed by atoms with Crippen molar-refractivity contribution >= 4 is 22.4 Å². The number of carbonyl (C=O) groups is 1. The fourth-order valence-corrected chi connectivity index (χ4v) is 3.58. The second-order valence-electron chi connectivity index (χ2n) is 6.41. The maximum absolute atomic E-state index is 12.5. The number of rotatable bonds is 5. The first-order valence-electron chi connectivity index (χ1n) is 8.87. The Labute approximate surface area is 171 Å². The summed E-state index contributed by atoms with van der Waals surface area (Å²) in [7, 11) is 1.58. The summed E-state index contributed by atoms with van der Waals surface area (Å²) in [5.41, 5.74) is 3.26. The molecule has 146 valence electrons. The topological polar surface area (TPSA) is 90.1 Å². The molecule has 1 N–H and O–H groups in total. The Morgan fingerprint density at radius 3 is 2.45 bits per heavy atom. The Balaban J connectivity index is 1.53. The lowest BCUT2D eigenvalue weighted by Gasteiger charge is -2.03. The van der Waals surface area contributed by atoms with Crippen molar-refractivity contribution in [3.63, 3.8) is 0 Å². The largest absolute Gasteiger partial charge is 0.497 e. The summed E-state index contributed by atoms with van der Waals surface area (Å²) in [4.78, 5) is 22.1. The first-order chi connectivity index (χ1) is 14.0. The quantitative estimate of drug-likeness (QED) is 0.515.